The van der Waals surface area contributed by atoms with E-state index in [0.29, 0.717) is 5.41 Å². The predicted octanol–water partition coefficient (Wildman–Crippen LogP) is 4.36. The minimum absolute atomic E-state index is 0.0421. The van der Waals surface area contributed by atoms with E-state index in [1.165, 1.54) is 19.3 Å². The number of carbonyl (C=O) groups excluding carboxylic acids is 1. The van der Waals surface area contributed by atoms with Gasteiger partial charge in [0, 0.05) is 14.6 Å². The second-order valence-electron chi connectivity index (χ2n) is 5.01. The van der Waals surface area contributed by atoms with Gasteiger partial charge in [0.05, 0.1) is 5.56 Å². The third kappa shape index (κ3) is 3.07. The molecule has 0 heterocycles. The standard InChI is InChI=1S/C14H17BrINO/c1-2-14(6-3-7-14)9-17-13(18)11-8-10(15)4-5-12(11)16/h4-5,8H,2-3,6-7,9H2,1H3,(H,17,18). The molecule has 1 saturated carbocycles. The lowest BCUT2D eigenvalue weighted by molar-refractivity contribution is 0.0849. The number of hydrogen-bond donors (Lipinski definition) is 1. The van der Waals surface area contributed by atoms with Crippen molar-refractivity contribution in [1.82, 2.24) is 5.32 Å². The minimum atomic E-state index is 0.0421. The summed E-state index contributed by atoms with van der Waals surface area (Å²) in [6.45, 7) is 3.03. The highest BCUT2D eigenvalue weighted by molar-refractivity contribution is 14.1. The molecule has 1 fully saturated rings. The maximum atomic E-state index is 12.2. The van der Waals surface area contributed by atoms with Gasteiger partial charge in [-0.1, -0.05) is 29.3 Å². The van der Waals surface area contributed by atoms with E-state index >= 15 is 0 Å². The van der Waals surface area contributed by atoms with Crippen LogP contribution in [-0.2, 0) is 0 Å². The van der Waals surface area contributed by atoms with E-state index < -0.39 is 0 Å². The summed E-state index contributed by atoms with van der Waals surface area (Å²) < 4.78 is 1.94. The maximum Gasteiger partial charge on any atom is 0.252 e. The highest BCUT2D eigenvalue weighted by atomic mass is 127. The summed E-state index contributed by atoms with van der Waals surface area (Å²) in [6, 6.07) is 5.80. The zero-order valence-corrected chi connectivity index (χ0v) is 14.2. The van der Waals surface area contributed by atoms with E-state index in [0.717, 1.165) is 26.6 Å². The molecule has 2 rings (SSSR count). The Bertz CT molecular complexity index is 452. The van der Waals surface area contributed by atoms with Crippen molar-refractivity contribution in [2.75, 3.05) is 6.54 Å². The summed E-state index contributed by atoms with van der Waals surface area (Å²) in [5, 5.41) is 3.10. The van der Waals surface area contributed by atoms with Crippen molar-refractivity contribution >= 4 is 44.4 Å². The van der Waals surface area contributed by atoms with E-state index in [2.05, 4.69) is 50.8 Å². The van der Waals surface area contributed by atoms with E-state index in [4.69, 9.17) is 0 Å². The van der Waals surface area contributed by atoms with Gasteiger partial charge in [0.2, 0.25) is 0 Å². The van der Waals surface area contributed by atoms with Gasteiger partial charge in [0.25, 0.3) is 5.91 Å². The van der Waals surface area contributed by atoms with E-state index in [1.807, 2.05) is 18.2 Å². The topological polar surface area (TPSA) is 29.1 Å². The fourth-order valence-electron chi connectivity index (χ4n) is 2.37. The lowest BCUT2D eigenvalue weighted by Crippen LogP contribution is -2.41. The molecule has 1 aliphatic rings. The summed E-state index contributed by atoms with van der Waals surface area (Å²) in [6.07, 6.45) is 4.96. The summed E-state index contributed by atoms with van der Waals surface area (Å²) in [7, 11) is 0. The average molecular weight is 422 g/mol. The van der Waals surface area contributed by atoms with E-state index in [1.54, 1.807) is 0 Å². The third-order valence-electron chi connectivity index (χ3n) is 3.96. The first-order valence-corrected chi connectivity index (χ1v) is 8.17. The van der Waals surface area contributed by atoms with Crippen LogP contribution in [0.15, 0.2) is 22.7 Å². The van der Waals surface area contributed by atoms with Crippen molar-refractivity contribution in [2.45, 2.75) is 32.6 Å². The second-order valence-corrected chi connectivity index (χ2v) is 7.09. The molecule has 1 amide bonds. The van der Waals surface area contributed by atoms with E-state index in [-0.39, 0.29) is 5.91 Å². The van der Waals surface area contributed by atoms with Crippen LogP contribution in [-0.4, -0.2) is 12.5 Å². The highest BCUT2D eigenvalue weighted by Crippen LogP contribution is 2.43. The Balaban J connectivity index is 2.01. The van der Waals surface area contributed by atoms with Crippen molar-refractivity contribution in [2.24, 2.45) is 5.41 Å². The molecule has 0 saturated heterocycles. The smallest absolute Gasteiger partial charge is 0.252 e. The minimum Gasteiger partial charge on any atom is -0.351 e. The second kappa shape index (κ2) is 5.90. The summed E-state index contributed by atoms with van der Waals surface area (Å²) >= 11 is 5.61. The summed E-state index contributed by atoms with van der Waals surface area (Å²) in [5.41, 5.74) is 1.13. The number of carbonyl (C=O) groups is 1. The van der Waals surface area contributed by atoms with Gasteiger partial charge in [-0.15, -0.1) is 0 Å². The van der Waals surface area contributed by atoms with Gasteiger partial charge >= 0.3 is 0 Å². The van der Waals surface area contributed by atoms with Crippen molar-refractivity contribution in [1.29, 1.82) is 0 Å². The molecule has 4 heteroatoms. The van der Waals surface area contributed by atoms with Crippen LogP contribution in [0.1, 0.15) is 43.0 Å². The maximum absolute atomic E-state index is 12.2. The molecule has 98 valence electrons. The highest BCUT2D eigenvalue weighted by Gasteiger charge is 2.35. The first-order valence-electron chi connectivity index (χ1n) is 6.29. The van der Waals surface area contributed by atoms with Crippen molar-refractivity contribution in [3.8, 4) is 0 Å². The monoisotopic (exact) mass is 421 g/mol. The van der Waals surface area contributed by atoms with Gasteiger partial charge in [0.1, 0.15) is 0 Å². The summed E-state index contributed by atoms with van der Waals surface area (Å²) in [5.74, 6) is 0.0421. The average Bonchev–Trinajstić information content (AvgIpc) is 2.31. The van der Waals surface area contributed by atoms with Crippen LogP contribution in [0.3, 0.4) is 0 Å². The fourth-order valence-corrected chi connectivity index (χ4v) is 3.31. The first-order chi connectivity index (χ1) is 8.56. The molecule has 18 heavy (non-hydrogen) atoms. The number of hydrogen-bond acceptors (Lipinski definition) is 1. The predicted molar refractivity (Wildman–Crippen MR) is 85.8 cm³/mol. The van der Waals surface area contributed by atoms with Crippen LogP contribution in [0.4, 0.5) is 0 Å². The van der Waals surface area contributed by atoms with Crippen LogP contribution in [0.2, 0.25) is 0 Å². The van der Waals surface area contributed by atoms with Crippen molar-refractivity contribution < 1.29 is 4.79 Å². The molecule has 2 nitrogen and oxygen atoms in total. The molecule has 0 radical (unpaired) electrons. The number of nitrogens with one attached hydrogen (secondary N) is 1. The number of benzene rings is 1. The SMILES string of the molecule is CCC1(CNC(=O)c2cc(Br)ccc2I)CCC1. The van der Waals surface area contributed by atoms with Gasteiger partial charge in [0.15, 0.2) is 0 Å². The summed E-state index contributed by atoms with van der Waals surface area (Å²) in [4.78, 5) is 12.2. The molecule has 0 unspecified atom stereocenters. The van der Waals surface area contributed by atoms with Gasteiger partial charge in [-0.25, -0.2) is 0 Å². The molecule has 1 aliphatic carbocycles. The van der Waals surface area contributed by atoms with Crippen LogP contribution < -0.4 is 5.32 Å². The number of amides is 1. The molecule has 1 aromatic rings. The van der Waals surface area contributed by atoms with Crippen LogP contribution in [0.25, 0.3) is 0 Å². The molecule has 0 aliphatic heterocycles. The molecular weight excluding hydrogens is 405 g/mol. The zero-order chi connectivity index (χ0) is 13.2. The van der Waals surface area contributed by atoms with Gasteiger partial charge in [-0.05, 0) is 65.5 Å². The van der Waals surface area contributed by atoms with Crippen molar-refractivity contribution in [3.63, 3.8) is 0 Å². The number of rotatable bonds is 4. The van der Waals surface area contributed by atoms with Gasteiger partial charge in [-0.3, -0.25) is 4.79 Å². The quantitative estimate of drug-likeness (QED) is 0.718. The lowest BCUT2D eigenvalue weighted by atomic mass is 9.67. The lowest BCUT2D eigenvalue weighted by Gasteiger charge is -2.41. The Morgan fingerprint density at radius 3 is 2.78 bits per heavy atom. The molecule has 0 atom stereocenters. The Labute approximate surface area is 130 Å². The Morgan fingerprint density at radius 2 is 2.22 bits per heavy atom. The number of halogens is 2. The van der Waals surface area contributed by atoms with Crippen LogP contribution in [0, 0.1) is 8.99 Å². The third-order valence-corrected chi connectivity index (χ3v) is 5.40. The molecular formula is C14H17BrINO. The van der Waals surface area contributed by atoms with Gasteiger partial charge in [-0.2, -0.15) is 0 Å². The van der Waals surface area contributed by atoms with Crippen LogP contribution >= 0.6 is 38.5 Å². The molecule has 0 spiro atoms. The molecule has 1 N–H and O–H groups in total. The Hall–Kier alpha value is -0.100. The van der Waals surface area contributed by atoms with E-state index in [9.17, 15) is 4.79 Å². The Morgan fingerprint density at radius 1 is 1.50 bits per heavy atom. The Kier molecular flexibility index (Phi) is 4.69. The first kappa shape index (κ1) is 14.3. The zero-order valence-electron chi connectivity index (χ0n) is 10.4. The normalized spacial score (nSPS) is 17.1. The largest absolute Gasteiger partial charge is 0.351 e. The van der Waals surface area contributed by atoms with Crippen molar-refractivity contribution in [3.05, 3.63) is 31.8 Å². The van der Waals surface area contributed by atoms with Gasteiger partial charge < -0.3 is 5.32 Å². The van der Waals surface area contributed by atoms with Crippen LogP contribution in [0.5, 0.6) is 0 Å². The fraction of sp³-hybridized carbons (Fsp3) is 0.500. The molecule has 1 aromatic carbocycles. The molecule has 0 bridgehead atoms. The molecule has 0 aromatic heterocycles.